The molecule has 2 heterocycles. The Labute approximate surface area is 175 Å². The fraction of sp³-hybridized carbons (Fsp3) is 0.450. The van der Waals surface area contributed by atoms with Gasteiger partial charge in [-0.1, -0.05) is 11.6 Å². The van der Waals surface area contributed by atoms with Crippen molar-refractivity contribution < 1.29 is 9.53 Å². The third-order valence-corrected chi connectivity index (χ3v) is 5.88. The maximum Gasteiger partial charge on any atom is 0.229 e. The van der Waals surface area contributed by atoms with E-state index in [4.69, 9.17) is 27.9 Å². The summed E-state index contributed by atoms with van der Waals surface area (Å²) in [5.74, 6) is 2.31. The van der Waals surface area contributed by atoms with Crippen LogP contribution in [0.5, 0.6) is 11.6 Å². The van der Waals surface area contributed by atoms with Gasteiger partial charge in [-0.3, -0.25) is 4.79 Å². The van der Waals surface area contributed by atoms with Gasteiger partial charge >= 0.3 is 0 Å². The number of hydrogen-bond acceptors (Lipinski definition) is 5. The van der Waals surface area contributed by atoms with Crippen LogP contribution in [0.1, 0.15) is 19.4 Å². The number of amides is 1. The number of carbonyl (C=O) groups excluding carboxylic acids is 1. The van der Waals surface area contributed by atoms with E-state index in [0.717, 1.165) is 11.4 Å². The lowest BCUT2D eigenvalue weighted by Crippen LogP contribution is -2.52. The molecule has 0 radical (unpaired) electrons. The number of rotatable bonds is 5. The Balaban J connectivity index is 1.65. The van der Waals surface area contributed by atoms with Crippen LogP contribution in [0.3, 0.4) is 0 Å². The molecule has 0 N–H and O–H groups in total. The predicted octanol–water partition coefficient (Wildman–Crippen LogP) is 4.14. The monoisotopic (exact) mass is 422 g/mol. The molecule has 3 rings (SSSR count). The molecule has 0 unspecified atom stereocenters. The molecule has 0 bridgehead atoms. The molecule has 0 saturated carbocycles. The highest BCUT2D eigenvalue weighted by Gasteiger charge is 2.33. The van der Waals surface area contributed by atoms with Crippen molar-refractivity contribution in [2.75, 3.05) is 37.0 Å². The van der Waals surface area contributed by atoms with E-state index in [1.807, 2.05) is 37.8 Å². The molecule has 0 spiro atoms. The number of aromatic nitrogens is 2. The molecule has 1 aromatic carbocycles. The van der Waals surface area contributed by atoms with Gasteiger partial charge in [-0.15, -0.1) is 11.6 Å². The summed E-state index contributed by atoms with van der Waals surface area (Å²) in [4.78, 5) is 25.1. The number of halogens is 2. The maximum atomic E-state index is 12.6. The Hall–Kier alpha value is -2.05. The quantitative estimate of drug-likeness (QED) is 0.677. The number of nitrogens with zero attached hydrogens (tertiary/aromatic N) is 4. The normalized spacial score (nSPS) is 14.9. The summed E-state index contributed by atoms with van der Waals surface area (Å²) in [6, 6.07) is 7.28. The van der Waals surface area contributed by atoms with E-state index >= 15 is 0 Å². The Morgan fingerprint density at radius 3 is 2.54 bits per heavy atom. The highest BCUT2D eigenvalue weighted by molar-refractivity contribution is 6.31. The SMILES string of the molecule is Cc1cc(Oc2cc(N3CCN(C(=O)C(C)(C)CCl)CC3)ncn2)ccc1Cl. The smallest absolute Gasteiger partial charge is 0.229 e. The molecule has 28 heavy (non-hydrogen) atoms. The topological polar surface area (TPSA) is 58.6 Å². The fourth-order valence-electron chi connectivity index (χ4n) is 2.98. The Morgan fingerprint density at radius 1 is 1.18 bits per heavy atom. The number of benzene rings is 1. The molecule has 8 heteroatoms. The number of aryl methyl sites for hydroxylation is 1. The van der Waals surface area contributed by atoms with E-state index < -0.39 is 5.41 Å². The van der Waals surface area contributed by atoms with Crippen molar-refractivity contribution in [3.63, 3.8) is 0 Å². The molecule has 6 nitrogen and oxygen atoms in total. The van der Waals surface area contributed by atoms with E-state index in [-0.39, 0.29) is 5.91 Å². The first-order chi connectivity index (χ1) is 13.3. The maximum absolute atomic E-state index is 12.6. The van der Waals surface area contributed by atoms with E-state index in [1.54, 1.807) is 12.1 Å². The van der Waals surface area contributed by atoms with Crippen molar-refractivity contribution in [3.05, 3.63) is 41.2 Å². The van der Waals surface area contributed by atoms with Gasteiger partial charge in [0.05, 0.1) is 5.41 Å². The second-order valence-corrected chi connectivity index (χ2v) is 8.20. The van der Waals surface area contributed by atoms with Gasteiger partial charge in [-0.05, 0) is 44.5 Å². The summed E-state index contributed by atoms with van der Waals surface area (Å²) in [5, 5.41) is 0.695. The molecule has 1 aliphatic rings. The van der Waals surface area contributed by atoms with Crippen LogP contribution < -0.4 is 9.64 Å². The third kappa shape index (κ3) is 4.67. The van der Waals surface area contributed by atoms with Crippen molar-refractivity contribution in [3.8, 4) is 11.6 Å². The van der Waals surface area contributed by atoms with Crippen LogP contribution in [-0.4, -0.2) is 52.8 Å². The number of hydrogen-bond donors (Lipinski definition) is 0. The molecular formula is C20H24Cl2N4O2. The van der Waals surface area contributed by atoms with Crippen LogP contribution in [0.4, 0.5) is 5.82 Å². The molecule has 1 aliphatic heterocycles. The molecule has 2 aromatic rings. The summed E-state index contributed by atoms with van der Waals surface area (Å²) >= 11 is 12.0. The first-order valence-electron chi connectivity index (χ1n) is 9.16. The predicted molar refractivity (Wildman–Crippen MR) is 112 cm³/mol. The minimum Gasteiger partial charge on any atom is -0.439 e. The van der Waals surface area contributed by atoms with Gasteiger partial charge in [0.1, 0.15) is 17.9 Å². The molecule has 1 aromatic heterocycles. The molecular weight excluding hydrogens is 399 g/mol. The van der Waals surface area contributed by atoms with Crippen molar-refractivity contribution in [1.29, 1.82) is 0 Å². The lowest BCUT2D eigenvalue weighted by molar-refractivity contribution is -0.139. The van der Waals surface area contributed by atoms with Gasteiger partial charge in [0.25, 0.3) is 0 Å². The van der Waals surface area contributed by atoms with Crippen molar-refractivity contribution in [1.82, 2.24) is 14.9 Å². The van der Waals surface area contributed by atoms with Gasteiger partial charge in [-0.2, -0.15) is 0 Å². The number of alkyl halides is 1. The van der Waals surface area contributed by atoms with E-state index in [2.05, 4.69) is 14.9 Å². The first kappa shape index (κ1) is 20.7. The van der Waals surface area contributed by atoms with Gasteiger partial charge in [0.2, 0.25) is 11.8 Å². The molecule has 0 atom stereocenters. The van der Waals surface area contributed by atoms with E-state index in [1.165, 1.54) is 6.33 Å². The highest BCUT2D eigenvalue weighted by Crippen LogP contribution is 2.27. The van der Waals surface area contributed by atoms with Crippen LogP contribution in [0.2, 0.25) is 5.02 Å². The zero-order valence-electron chi connectivity index (χ0n) is 16.3. The van der Waals surface area contributed by atoms with Crippen LogP contribution in [0.25, 0.3) is 0 Å². The molecule has 1 saturated heterocycles. The summed E-state index contributed by atoms with van der Waals surface area (Å²) in [6.45, 7) is 8.34. The van der Waals surface area contributed by atoms with Gasteiger partial charge < -0.3 is 14.5 Å². The average Bonchev–Trinajstić information content (AvgIpc) is 2.70. The minimum atomic E-state index is -0.545. The third-order valence-electron chi connectivity index (χ3n) is 4.78. The lowest BCUT2D eigenvalue weighted by atomic mass is 9.94. The Kier molecular flexibility index (Phi) is 6.30. The van der Waals surface area contributed by atoms with Crippen molar-refractivity contribution in [2.24, 2.45) is 5.41 Å². The average molecular weight is 423 g/mol. The Morgan fingerprint density at radius 2 is 1.89 bits per heavy atom. The Bertz CT molecular complexity index is 852. The second-order valence-electron chi connectivity index (χ2n) is 7.52. The number of ether oxygens (including phenoxy) is 1. The highest BCUT2D eigenvalue weighted by atomic mass is 35.5. The van der Waals surface area contributed by atoms with Crippen LogP contribution in [-0.2, 0) is 4.79 Å². The number of carbonyl (C=O) groups is 1. The largest absolute Gasteiger partial charge is 0.439 e. The van der Waals surface area contributed by atoms with E-state index in [0.29, 0.717) is 48.7 Å². The molecule has 150 valence electrons. The van der Waals surface area contributed by atoms with Gasteiger partial charge in [0.15, 0.2) is 0 Å². The zero-order chi connectivity index (χ0) is 20.3. The van der Waals surface area contributed by atoms with Gasteiger partial charge in [-0.25, -0.2) is 9.97 Å². The number of piperazine rings is 1. The fourth-order valence-corrected chi connectivity index (χ4v) is 3.22. The molecule has 1 amide bonds. The standard InChI is InChI=1S/C20H24Cl2N4O2/c1-14-10-15(4-5-16(14)22)28-18-11-17(23-13-24-18)25-6-8-26(9-7-25)19(27)20(2,3)12-21/h4-5,10-11,13H,6-9,12H2,1-3H3. The van der Waals surface area contributed by atoms with Crippen LogP contribution in [0, 0.1) is 12.3 Å². The summed E-state index contributed by atoms with van der Waals surface area (Å²) in [6.07, 6.45) is 1.49. The van der Waals surface area contributed by atoms with Gasteiger partial charge in [0, 0.05) is 43.1 Å². The number of anilines is 1. The molecule has 0 aliphatic carbocycles. The van der Waals surface area contributed by atoms with Crippen molar-refractivity contribution in [2.45, 2.75) is 20.8 Å². The second kappa shape index (κ2) is 8.53. The minimum absolute atomic E-state index is 0.0898. The van der Waals surface area contributed by atoms with E-state index in [9.17, 15) is 4.79 Å². The molecule has 1 fully saturated rings. The van der Waals surface area contributed by atoms with Crippen LogP contribution in [0.15, 0.2) is 30.6 Å². The summed E-state index contributed by atoms with van der Waals surface area (Å²) in [7, 11) is 0. The van der Waals surface area contributed by atoms with Crippen LogP contribution >= 0.6 is 23.2 Å². The zero-order valence-corrected chi connectivity index (χ0v) is 17.8. The first-order valence-corrected chi connectivity index (χ1v) is 10.1. The van der Waals surface area contributed by atoms with Crippen molar-refractivity contribution >= 4 is 34.9 Å². The summed E-state index contributed by atoms with van der Waals surface area (Å²) in [5.41, 5.74) is 0.394. The summed E-state index contributed by atoms with van der Waals surface area (Å²) < 4.78 is 5.85. The lowest BCUT2D eigenvalue weighted by Gasteiger charge is -2.38.